The maximum absolute atomic E-state index is 10.7. The van der Waals surface area contributed by atoms with Crippen molar-refractivity contribution in [2.24, 2.45) is 0 Å². The molecule has 0 aliphatic carbocycles. The van der Waals surface area contributed by atoms with E-state index in [4.69, 9.17) is 9.84 Å². The van der Waals surface area contributed by atoms with Gasteiger partial charge in [-0.25, -0.2) is 0 Å². The molecule has 10 heavy (non-hydrogen) atoms. The summed E-state index contributed by atoms with van der Waals surface area (Å²) in [5, 5.41) is 19.6. The highest BCUT2D eigenvalue weighted by atomic mass is 32.1. The Labute approximate surface area is 65.4 Å². The van der Waals surface area contributed by atoms with E-state index in [0.29, 0.717) is 0 Å². The molecule has 1 saturated heterocycles. The lowest BCUT2D eigenvalue weighted by Gasteiger charge is -2.39. The van der Waals surface area contributed by atoms with Crippen molar-refractivity contribution in [1.29, 1.82) is 0 Å². The van der Waals surface area contributed by atoms with Gasteiger partial charge in [0.15, 0.2) is 0 Å². The number of aliphatic hydroxyl groups excluding tert-OH is 1. The molecular formula is C6H11O3S-. The van der Waals surface area contributed by atoms with Gasteiger partial charge in [0.05, 0.1) is 17.5 Å². The zero-order chi connectivity index (χ0) is 7.72. The average Bonchev–Trinajstić information content (AvgIpc) is 1.82. The van der Waals surface area contributed by atoms with Crippen molar-refractivity contribution in [2.45, 2.75) is 37.1 Å². The zero-order valence-corrected chi connectivity index (χ0v) is 6.62. The second-order valence-electron chi connectivity index (χ2n) is 2.56. The van der Waals surface area contributed by atoms with E-state index in [-0.39, 0.29) is 17.8 Å². The molecule has 60 valence electrons. The van der Waals surface area contributed by atoms with Gasteiger partial charge >= 0.3 is 0 Å². The van der Waals surface area contributed by atoms with Crippen LogP contribution in [0.3, 0.4) is 0 Å². The van der Waals surface area contributed by atoms with E-state index >= 15 is 0 Å². The van der Waals surface area contributed by atoms with Crippen molar-refractivity contribution in [3.8, 4) is 0 Å². The largest absolute Gasteiger partial charge is 0.831 e. The topological polar surface area (TPSA) is 52.5 Å². The van der Waals surface area contributed by atoms with Gasteiger partial charge in [-0.2, -0.15) is 12.6 Å². The summed E-state index contributed by atoms with van der Waals surface area (Å²) in [5.41, 5.74) is 0. The first-order valence-electron chi connectivity index (χ1n) is 3.28. The molecule has 0 saturated carbocycles. The molecule has 4 atom stereocenters. The van der Waals surface area contributed by atoms with Crippen molar-refractivity contribution < 1.29 is 14.9 Å². The molecule has 0 aromatic carbocycles. The van der Waals surface area contributed by atoms with Crippen LogP contribution in [0.15, 0.2) is 0 Å². The van der Waals surface area contributed by atoms with E-state index < -0.39 is 12.4 Å². The number of hydrogen-bond acceptors (Lipinski definition) is 4. The van der Waals surface area contributed by atoms with Gasteiger partial charge in [-0.1, -0.05) is 0 Å². The van der Waals surface area contributed by atoms with Crippen LogP contribution in [0.25, 0.3) is 0 Å². The fraction of sp³-hybridized carbons (Fsp3) is 1.00. The SMILES string of the molecule is C[C@H]1O[C@@H]([O-])C[C@H](O)[C@@H]1S. The summed E-state index contributed by atoms with van der Waals surface area (Å²) in [7, 11) is 0. The summed E-state index contributed by atoms with van der Waals surface area (Å²) in [6, 6.07) is 0. The van der Waals surface area contributed by atoms with Gasteiger partial charge in [-0.15, -0.1) is 0 Å². The molecule has 0 aromatic heterocycles. The predicted molar refractivity (Wildman–Crippen MR) is 37.7 cm³/mol. The van der Waals surface area contributed by atoms with E-state index in [1.807, 2.05) is 0 Å². The van der Waals surface area contributed by atoms with Crippen LogP contribution in [-0.4, -0.2) is 28.9 Å². The van der Waals surface area contributed by atoms with Gasteiger partial charge < -0.3 is 14.9 Å². The Morgan fingerprint density at radius 1 is 1.70 bits per heavy atom. The van der Waals surface area contributed by atoms with Gasteiger partial charge in [0.2, 0.25) is 0 Å². The molecule has 0 unspecified atom stereocenters. The van der Waals surface area contributed by atoms with Crippen LogP contribution < -0.4 is 5.11 Å². The molecule has 0 bridgehead atoms. The first kappa shape index (κ1) is 8.33. The van der Waals surface area contributed by atoms with Crippen molar-refractivity contribution in [3.63, 3.8) is 0 Å². The molecule has 3 nitrogen and oxygen atoms in total. The molecular weight excluding hydrogens is 152 g/mol. The highest BCUT2D eigenvalue weighted by Gasteiger charge is 2.28. The molecule has 4 heteroatoms. The van der Waals surface area contributed by atoms with Gasteiger partial charge in [0.1, 0.15) is 0 Å². The average molecular weight is 163 g/mol. The van der Waals surface area contributed by atoms with Crippen molar-refractivity contribution in [1.82, 2.24) is 0 Å². The summed E-state index contributed by atoms with van der Waals surface area (Å²) >= 11 is 4.08. The zero-order valence-electron chi connectivity index (χ0n) is 5.73. The van der Waals surface area contributed by atoms with Crippen LogP contribution in [-0.2, 0) is 4.74 Å². The number of hydrogen-bond donors (Lipinski definition) is 2. The molecule has 1 rings (SSSR count). The maximum Gasteiger partial charge on any atom is 0.0692 e. The Bertz CT molecular complexity index is 108. The summed E-state index contributed by atoms with van der Waals surface area (Å²) in [6.07, 6.45) is -1.78. The molecule has 1 N–H and O–H groups in total. The van der Waals surface area contributed by atoms with Gasteiger partial charge in [-0.05, 0) is 19.6 Å². The Hall–Kier alpha value is 0.230. The molecule has 0 spiro atoms. The molecule has 1 fully saturated rings. The minimum Gasteiger partial charge on any atom is -0.831 e. The number of thiol groups is 1. The van der Waals surface area contributed by atoms with Crippen molar-refractivity contribution >= 4 is 12.6 Å². The predicted octanol–water partition coefficient (Wildman–Crippen LogP) is -0.859. The van der Waals surface area contributed by atoms with Crippen molar-refractivity contribution in [3.05, 3.63) is 0 Å². The lowest BCUT2D eigenvalue weighted by Crippen LogP contribution is -2.48. The molecule has 0 amide bonds. The van der Waals surface area contributed by atoms with E-state index in [0.717, 1.165) is 0 Å². The number of aliphatic hydroxyl groups is 1. The third-order valence-electron chi connectivity index (χ3n) is 1.68. The van der Waals surface area contributed by atoms with E-state index in [9.17, 15) is 5.11 Å². The number of ether oxygens (including phenoxy) is 1. The fourth-order valence-electron chi connectivity index (χ4n) is 1.02. The first-order valence-corrected chi connectivity index (χ1v) is 3.80. The van der Waals surface area contributed by atoms with Gasteiger partial charge in [0, 0.05) is 0 Å². The minimum atomic E-state index is -1.08. The normalized spacial score (nSPS) is 49.2. The first-order chi connectivity index (χ1) is 4.61. The maximum atomic E-state index is 10.7. The van der Waals surface area contributed by atoms with Crippen LogP contribution in [0.4, 0.5) is 0 Å². The lowest BCUT2D eigenvalue weighted by atomic mass is 10.1. The quantitative estimate of drug-likeness (QED) is 0.457. The summed E-state index contributed by atoms with van der Waals surface area (Å²) < 4.78 is 4.88. The van der Waals surface area contributed by atoms with E-state index in [1.54, 1.807) is 6.92 Å². The summed E-state index contributed by atoms with van der Waals surface area (Å²) in [5.74, 6) is 0. The van der Waals surface area contributed by atoms with Crippen LogP contribution in [0, 0.1) is 0 Å². The Balaban J connectivity index is 2.49. The Kier molecular flexibility index (Phi) is 2.57. The molecule has 1 aliphatic rings. The third-order valence-corrected chi connectivity index (χ3v) is 2.44. The highest BCUT2D eigenvalue weighted by Crippen LogP contribution is 2.21. The smallest absolute Gasteiger partial charge is 0.0692 e. The molecule has 0 radical (unpaired) electrons. The molecule has 0 aromatic rings. The van der Waals surface area contributed by atoms with Crippen LogP contribution in [0.2, 0.25) is 0 Å². The van der Waals surface area contributed by atoms with Crippen LogP contribution in [0.1, 0.15) is 13.3 Å². The minimum absolute atomic E-state index is 0.151. The second kappa shape index (κ2) is 3.09. The third kappa shape index (κ3) is 1.63. The Morgan fingerprint density at radius 3 is 2.80 bits per heavy atom. The monoisotopic (exact) mass is 163 g/mol. The van der Waals surface area contributed by atoms with Gasteiger partial charge in [0.25, 0.3) is 0 Å². The van der Waals surface area contributed by atoms with Gasteiger partial charge in [-0.3, -0.25) is 0 Å². The van der Waals surface area contributed by atoms with Crippen LogP contribution in [0.5, 0.6) is 0 Å². The lowest BCUT2D eigenvalue weighted by molar-refractivity contribution is -0.506. The number of rotatable bonds is 0. The molecule has 1 heterocycles. The molecule has 1 aliphatic heterocycles. The summed E-state index contributed by atoms with van der Waals surface area (Å²) in [6.45, 7) is 1.74. The Morgan fingerprint density at radius 2 is 2.30 bits per heavy atom. The van der Waals surface area contributed by atoms with Crippen LogP contribution >= 0.6 is 12.6 Å². The van der Waals surface area contributed by atoms with Crippen molar-refractivity contribution in [2.75, 3.05) is 0 Å². The van der Waals surface area contributed by atoms with E-state index in [1.165, 1.54) is 0 Å². The summed E-state index contributed by atoms with van der Waals surface area (Å²) in [4.78, 5) is 0. The van der Waals surface area contributed by atoms with E-state index in [2.05, 4.69) is 12.6 Å². The second-order valence-corrected chi connectivity index (χ2v) is 3.16. The fourth-order valence-corrected chi connectivity index (χ4v) is 1.22. The standard InChI is InChI=1S/C6H11O3S/c1-3-6(10)4(7)2-5(8)9-3/h3-7,10H,2H2,1H3/q-1/t3-,4+,5-,6-/m1/s1. The highest BCUT2D eigenvalue weighted by molar-refractivity contribution is 7.81.